The van der Waals surface area contributed by atoms with Crippen LogP contribution in [0.5, 0.6) is 5.75 Å². The van der Waals surface area contributed by atoms with Crippen molar-refractivity contribution in [3.63, 3.8) is 0 Å². The van der Waals surface area contributed by atoms with Crippen LogP contribution in [0, 0.1) is 12.7 Å². The minimum Gasteiger partial charge on any atom is -0.496 e. The molecule has 0 amide bonds. The Kier molecular flexibility index (Phi) is 6.26. The van der Waals surface area contributed by atoms with Gasteiger partial charge in [-0.15, -0.1) is 0 Å². The van der Waals surface area contributed by atoms with Crippen molar-refractivity contribution in [1.29, 1.82) is 0 Å². The number of halogens is 1. The van der Waals surface area contributed by atoms with Crippen LogP contribution >= 0.6 is 0 Å². The molecule has 2 N–H and O–H groups in total. The van der Waals surface area contributed by atoms with E-state index in [-0.39, 0.29) is 5.82 Å². The van der Waals surface area contributed by atoms with Gasteiger partial charge >= 0.3 is 5.97 Å². The van der Waals surface area contributed by atoms with Crippen LogP contribution in [0.15, 0.2) is 48.8 Å². The molecule has 2 heterocycles. The lowest BCUT2D eigenvalue weighted by atomic mass is 10.0. The van der Waals surface area contributed by atoms with Crippen molar-refractivity contribution in [1.82, 2.24) is 14.5 Å². The Morgan fingerprint density at radius 3 is 2.73 bits per heavy atom. The van der Waals surface area contributed by atoms with Crippen molar-refractivity contribution < 1.29 is 19.0 Å². The topological polar surface area (TPSA) is 89.3 Å². The number of anilines is 1. The zero-order valence-corrected chi connectivity index (χ0v) is 18.7. The lowest BCUT2D eigenvalue weighted by Crippen LogP contribution is -2.13. The fourth-order valence-corrected chi connectivity index (χ4v) is 4.07. The van der Waals surface area contributed by atoms with Crippen molar-refractivity contribution in [2.24, 2.45) is 0 Å². The number of rotatable bonds is 8. The number of aromatic carboxylic acids is 1. The molecule has 0 atom stereocenters. The summed E-state index contributed by atoms with van der Waals surface area (Å²) >= 11 is 0. The molecule has 2 aromatic carbocycles. The minimum atomic E-state index is -0.940. The van der Waals surface area contributed by atoms with Crippen LogP contribution in [0.1, 0.15) is 28.5 Å². The number of nitrogens with one attached hydrogen (secondary N) is 1. The number of ether oxygens (including phenoxy) is 1. The number of nitrogens with zero attached hydrogens (tertiary/aromatic N) is 3. The number of benzene rings is 2. The number of aryl methyl sites for hydroxylation is 2. The van der Waals surface area contributed by atoms with Gasteiger partial charge < -0.3 is 19.7 Å². The van der Waals surface area contributed by atoms with E-state index in [1.807, 2.05) is 36.6 Å². The number of hydrogen-bond acceptors (Lipinski definition) is 5. The second kappa shape index (κ2) is 9.28. The molecule has 0 radical (unpaired) electrons. The molecule has 0 aliphatic rings. The number of carboxylic acid groups (broad SMARTS) is 1. The fraction of sp³-hybridized carbons (Fsp3) is 0.240. The Morgan fingerprint density at radius 2 is 2.00 bits per heavy atom. The van der Waals surface area contributed by atoms with Gasteiger partial charge in [-0.25, -0.2) is 19.2 Å². The summed E-state index contributed by atoms with van der Waals surface area (Å²) in [5.74, 6) is 0.0413. The van der Waals surface area contributed by atoms with E-state index in [1.165, 1.54) is 12.4 Å². The summed E-state index contributed by atoms with van der Waals surface area (Å²) in [6.07, 6.45) is 2.08. The van der Waals surface area contributed by atoms with Crippen LogP contribution in [-0.4, -0.2) is 39.3 Å². The number of carbonyl (C=O) groups is 1. The first kappa shape index (κ1) is 22.3. The highest BCUT2D eigenvalue weighted by atomic mass is 19.1. The maximum Gasteiger partial charge on any atom is 0.335 e. The summed E-state index contributed by atoms with van der Waals surface area (Å²) in [4.78, 5) is 20.0. The smallest absolute Gasteiger partial charge is 0.335 e. The Bertz CT molecular complexity index is 1330. The van der Waals surface area contributed by atoms with Crippen molar-refractivity contribution >= 4 is 22.7 Å². The van der Waals surface area contributed by atoms with Crippen LogP contribution < -0.4 is 10.1 Å². The maximum absolute atomic E-state index is 14.6. The summed E-state index contributed by atoms with van der Waals surface area (Å²) < 4.78 is 21.8. The lowest BCUT2D eigenvalue weighted by Gasteiger charge is -2.12. The quantitative estimate of drug-likeness (QED) is 0.397. The number of carboxylic acids is 1. The summed E-state index contributed by atoms with van der Waals surface area (Å²) in [7, 11) is 1.58. The van der Waals surface area contributed by atoms with E-state index in [4.69, 9.17) is 4.74 Å². The highest BCUT2D eigenvalue weighted by Gasteiger charge is 2.15. The molecular weight excluding hydrogens is 423 g/mol. The summed E-state index contributed by atoms with van der Waals surface area (Å²) in [6.45, 7) is 4.92. The molecule has 0 fully saturated rings. The van der Waals surface area contributed by atoms with Crippen LogP contribution in [0.3, 0.4) is 0 Å². The molecule has 0 unspecified atom stereocenters. The molecule has 4 aromatic rings. The van der Waals surface area contributed by atoms with Gasteiger partial charge in [-0.2, -0.15) is 0 Å². The van der Waals surface area contributed by atoms with Crippen LogP contribution in [0.2, 0.25) is 0 Å². The number of fused-ring (bicyclic) bond motifs is 1. The normalized spacial score (nSPS) is 11.0. The molecule has 7 nitrogen and oxygen atoms in total. The van der Waals surface area contributed by atoms with Gasteiger partial charge in [-0.05, 0) is 49.2 Å². The van der Waals surface area contributed by atoms with Crippen LogP contribution in [0.25, 0.3) is 22.2 Å². The number of aromatic nitrogens is 3. The largest absolute Gasteiger partial charge is 0.496 e. The maximum atomic E-state index is 14.6. The van der Waals surface area contributed by atoms with E-state index in [0.717, 1.165) is 22.2 Å². The Hall–Kier alpha value is -3.94. The predicted octanol–water partition coefficient (Wildman–Crippen LogP) is 4.93. The minimum absolute atomic E-state index is 0.292. The molecule has 0 spiro atoms. The SMILES string of the molecule is CCc1cc(-c2cc(NCCn3c(C)cc4c(OC)ccc(F)c43)ncn2)ccc1C(=O)O. The molecule has 0 aliphatic carbocycles. The fourth-order valence-electron chi connectivity index (χ4n) is 4.07. The Labute approximate surface area is 190 Å². The third kappa shape index (κ3) is 4.37. The number of hydrogen-bond donors (Lipinski definition) is 2. The second-order valence-electron chi connectivity index (χ2n) is 7.70. The van der Waals surface area contributed by atoms with Gasteiger partial charge in [0.25, 0.3) is 0 Å². The van der Waals surface area contributed by atoms with Gasteiger partial charge in [0.15, 0.2) is 0 Å². The summed E-state index contributed by atoms with van der Waals surface area (Å²) in [5, 5.41) is 13.4. The number of methoxy groups -OCH3 is 1. The van der Waals surface area contributed by atoms with E-state index in [9.17, 15) is 14.3 Å². The first-order valence-electron chi connectivity index (χ1n) is 10.7. The third-order valence-corrected chi connectivity index (χ3v) is 5.72. The molecule has 0 aliphatic heterocycles. The van der Waals surface area contributed by atoms with E-state index in [1.54, 1.807) is 25.3 Å². The second-order valence-corrected chi connectivity index (χ2v) is 7.70. The van der Waals surface area contributed by atoms with E-state index in [0.29, 0.717) is 47.9 Å². The first-order valence-corrected chi connectivity index (χ1v) is 10.7. The standard InChI is InChI=1S/C25H25FN4O3/c1-4-16-12-17(5-6-18(16)25(31)32)21-13-23(29-14-28-21)27-9-10-30-15(2)11-19-22(33-3)8-7-20(26)24(19)30/h5-8,11-14H,4,9-10H2,1-3H3,(H,31,32)(H,27,28,29). The molecule has 0 saturated carbocycles. The van der Waals surface area contributed by atoms with Crippen LogP contribution in [-0.2, 0) is 13.0 Å². The Balaban J connectivity index is 1.53. The van der Waals surface area contributed by atoms with E-state index in [2.05, 4.69) is 15.3 Å². The van der Waals surface area contributed by atoms with Crippen molar-refractivity contribution in [2.75, 3.05) is 19.0 Å². The zero-order chi connectivity index (χ0) is 23.5. The molecule has 2 aromatic heterocycles. The predicted molar refractivity (Wildman–Crippen MR) is 125 cm³/mol. The average molecular weight is 448 g/mol. The lowest BCUT2D eigenvalue weighted by molar-refractivity contribution is 0.0695. The molecule has 0 saturated heterocycles. The van der Waals surface area contributed by atoms with Gasteiger partial charge in [0.2, 0.25) is 0 Å². The summed E-state index contributed by atoms with van der Waals surface area (Å²) in [6, 6.07) is 12.0. The monoisotopic (exact) mass is 448 g/mol. The molecule has 33 heavy (non-hydrogen) atoms. The average Bonchev–Trinajstić information content (AvgIpc) is 3.16. The molecule has 4 rings (SSSR count). The summed E-state index contributed by atoms with van der Waals surface area (Å²) in [5.41, 5.74) is 4.01. The first-order chi connectivity index (χ1) is 15.9. The molecular formula is C25H25FN4O3. The van der Waals surface area contributed by atoms with Crippen molar-refractivity contribution in [2.45, 2.75) is 26.8 Å². The highest BCUT2D eigenvalue weighted by molar-refractivity contribution is 5.90. The van der Waals surface area contributed by atoms with Crippen molar-refractivity contribution in [3.05, 3.63) is 71.4 Å². The van der Waals surface area contributed by atoms with Gasteiger partial charge in [-0.1, -0.05) is 13.0 Å². The van der Waals surface area contributed by atoms with E-state index >= 15 is 0 Å². The van der Waals surface area contributed by atoms with Gasteiger partial charge in [-0.3, -0.25) is 0 Å². The van der Waals surface area contributed by atoms with Crippen molar-refractivity contribution in [3.8, 4) is 17.0 Å². The van der Waals surface area contributed by atoms with Crippen LogP contribution in [0.4, 0.5) is 10.2 Å². The van der Waals surface area contributed by atoms with Gasteiger partial charge in [0.1, 0.15) is 23.7 Å². The Morgan fingerprint density at radius 1 is 1.18 bits per heavy atom. The molecule has 8 heteroatoms. The van der Waals surface area contributed by atoms with Gasteiger partial charge in [0, 0.05) is 35.8 Å². The molecule has 170 valence electrons. The van der Waals surface area contributed by atoms with Gasteiger partial charge in [0.05, 0.1) is 23.9 Å². The zero-order valence-electron chi connectivity index (χ0n) is 18.7. The van der Waals surface area contributed by atoms with E-state index < -0.39 is 5.97 Å². The highest BCUT2D eigenvalue weighted by Crippen LogP contribution is 2.31. The molecule has 0 bridgehead atoms. The third-order valence-electron chi connectivity index (χ3n) is 5.72.